The SMILES string of the molecule is [N-]=[N+]=NCC12CC(CC1CN)C2. The van der Waals surface area contributed by atoms with Gasteiger partial charge in [0.1, 0.15) is 0 Å². The third kappa shape index (κ3) is 0.919. The van der Waals surface area contributed by atoms with Gasteiger partial charge in [-0.15, -0.1) is 0 Å². The Hall–Kier alpha value is -0.730. The van der Waals surface area contributed by atoms with E-state index in [2.05, 4.69) is 10.0 Å². The average molecular weight is 166 g/mol. The third-order valence-corrected chi connectivity index (χ3v) is 3.61. The van der Waals surface area contributed by atoms with E-state index in [1.165, 1.54) is 19.3 Å². The number of nitrogens with zero attached hydrogens (tertiary/aromatic N) is 3. The Labute approximate surface area is 71.8 Å². The molecule has 0 aromatic carbocycles. The van der Waals surface area contributed by atoms with Crippen LogP contribution >= 0.6 is 0 Å². The first-order chi connectivity index (χ1) is 5.80. The molecular weight excluding hydrogens is 152 g/mol. The summed E-state index contributed by atoms with van der Waals surface area (Å²) in [5.41, 5.74) is 14.2. The predicted molar refractivity (Wildman–Crippen MR) is 46.3 cm³/mol. The molecular formula is C8H14N4. The first-order valence-corrected chi connectivity index (χ1v) is 4.52. The number of nitrogens with two attached hydrogens (primary N) is 1. The number of rotatable bonds is 3. The molecule has 1 atom stereocenters. The quantitative estimate of drug-likeness (QED) is 0.386. The maximum atomic E-state index is 8.24. The zero-order chi connectivity index (χ0) is 8.60. The summed E-state index contributed by atoms with van der Waals surface area (Å²) in [7, 11) is 0. The van der Waals surface area contributed by atoms with Gasteiger partial charge in [0.05, 0.1) is 0 Å². The van der Waals surface area contributed by atoms with Gasteiger partial charge in [-0.2, -0.15) is 0 Å². The lowest BCUT2D eigenvalue weighted by Gasteiger charge is -2.40. The summed E-state index contributed by atoms with van der Waals surface area (Å²) < 4.78 is 0. The van der Waals surface area contributed by atoms with E-state index in [1.807, 2.05) is 0 Å². The van der Waals surface area contributed by atoms with Gasteiger partial charge in [-0.05, 0) is 48.6 Å². The molecule has 12 heavy (non-hydrogen) atoms. The molecule has 0 aromatic heterocycles. The van der Waals surface area contributed by atoms with E-state index >= 15 is 0 Å². The highest BCUT2D eigenvalue weighted by atomic mass is 15.1. The molecule has 66 valence electrons. The molecule has 3 aliphatic carbocycles. The van der Waals surface area contributed by atoms with Gasteiger partial charge in [0.15, 0.2) is 0 Å². The Bertz CT molecular complexity index is 225. The topological polar surface area (TPSA) is 74.8 Å². The van der Waals surface area contributed by atoms with Crippen LogP contribution in [0.15, 0.2) is 5.11 Å². The predicted octanol–water partition coefficient (Wildman–Crippen LogP) is 1.67. The lowest BCUT2D eigenvalue weighted by Crippen LogP contribution is -2.37. The Morgan fingerprint density at radius 2 is 2.33 bits per heavy atom. The number of fused-ring (bicyclic) bond motifs is 1. The maximum absolute atomic E-state index is 8.24. The molecule has 0 amide bonds. The largest absolute Gasteiger partial charge is 0.330 e. The van der Waals surface area contributed by atoms with Crippen molar-refractivity contribution >= 4 is 0 Å². The van der Waals surface area contributed by atoms with E-state index in [0.717, 1.165) is 12.5 Å². The first kappa shape index (κ1) is 7.90. The molecule has 0 radical (unpaired) electrons. The Balaban J connectivity index is 2.05. The molecule has 2 N–H and O–H groups in total. The van der Waals surface area contributed by atoms with Gasteiger partial charge >= 0.3 is 0 Å². The fraction of sp³-hybridized carbons (Fsp3) is 1.00. The smallest absolute Gasteiger partial charge is 0.0317 e. The van der Waals surface area contributed by atoms with Crippen LogP contribution < -0.4 is 5.73 Å². The van der Waals surface area contributed by atoms with Gasteiger partial charge in [-0.3, -0.25) is 0 Å². The second-order valence-electron chi connectivity index (χ2n) is 4.19. The van der Waals surface area contributed by atoms with Crippen LogP contribution in [0, 0.1) is 17.3 Å². The molecule has 3 rings (SSSR count). The van der Waals surface area contributed by atoms with Crippen molar-refractivity contribution in [2.24, 2.45) is 28.1 Å². The van der Waals surface area contributed by atoms with Crippen molar-refractivity contribution in [2.45, 2.75) is 19.3 Å². The van der Waals surface area contributed by atoms with Crippen molar-refractivity contribution in [1.29, 1.82) is 0 Å². The van der Waals surface area contributed by atoms with Crippen LogP contribution in [0.25, 0.3) is 10.4 Å². The molecule has 4 heteroatoms. The van der Waals surface area contributed by atoms with Gasteiger partial charge < -0.3 is 5.73 Å². The van der Waals surface area contributed by atoms with Crippen molar-refractivity contribution in [1.82, 2.24) is 0 Å². The lowest BCUT2D eigenvalue weighted by atomic mass is 9.67. The van der Waals surface area contributed by atoms with E-state index in [-0.39, 0.29) is 0 Å². The van der Waals surface area contributed by atoms with Crippen molar-refractivity contribution in [3.05, 3.63) is 10.4 Å². The monoisotopic (exact) mass is 166 g/mol. The molecule has 1 unspecified atom stereocenters. The van der Waals surface area contributed by atoms with E-state index in [4.69, 9.17) is 11.3 Å². The van der Waals surface area contributed by atoms with Gasteiger partial charge in [0, 0.05) is 11.5 Å². The standard InChI is InChI=1S/C8H14N4/c9-4-7-1-6-2-8(7,3-6)5-11-12-10/h6-7H,1-5,9H2. The zero-order valence-corrected chi connectivity index (χ0v) is 7.11. The first-order valence-electron chi connectivity index (χ1n) is 4.52. The average Bonchev–Trinajstić information content (AvgIpc) is 2.53. The summed E-state index contributed by atoms with van der Waals surface area (Å²) in [6.07, 6.45) is 3.75. The molecule has 4 nitrogen and oxygen atoms in total. The van der Waals surface area contributed by atoms with Crippen LogP contribution in [-0.2, 0) is 0 Å². The second kappa shape index (κ2) is 2.64. The molecule has 3 saturated carbocycles. The van der Waals surface area contributed by atoms with Gasteiger partial charge in [-0.1, -0.05) is 5.11 Å². The Morgan fingerprint density at radius 1 is 1.58 bits per heavy atom. The Kier molecular flexibility index (Phi) is 1.74. The van der Waals surface area contributed by atoms with Gasteiger partial charge in [-0.25, -0.2) is 0 Å². The highest BCUT2D eigenvalue weighted by Gasteiger charge is 2.55. The molecule has 0 aliphatic heterocycles. The van der Waals surface area contributed by atoms with Gasteiger partial charge in [0.2, 0.25) is 0 Å². The number of azide groups is 1. The summed E-state index contributed by atoms with van der Waals surface area (Å²) in [5.74, 6) is 1.50. The van der Waals surface area contributed by atoms with Crippen LogP contribution in [0.4, 0.5) is 0 Å². The van der Waals surface area contributed by atoms with E-state index < -0.39 is 0 Å². The lowest BCUT2D eigenvalue weighted by molar-refractivity contribution is 0.119. The highest BCUT2D eigenvalue weighted by molar-refractivity contribution is 5.07. The van der Waals surface area contributed by atoms with Crippen molar-refractivity contribution < 1.29 is 0 Å². The maximum Gasteiger partial charge on any atom is 0.0317 e. The normalized spacial score (nSPS) is 43.4. The zero-order valence-electron chi connectivity index (χ0n) is 7.11. The van der Waals surface area contributed by atoms with Crippen molar-refractivity contribution in [2.75, 3.05) is 13.1 Å². The van der Waals surface area contributed by atoms with Crippen LogP contribution in [0.2, 0.25) is 0 Å². The fourth-order valence-corrected chi connectivity index (χ4v) is 3.02. The molecule has 3 fully saturated rings. The molecule has 0 heterocycles. The summed E-state index contributed by atoms with van der Waals surface area (Å²) in [5, 5.41) is 3.69. The molecule has 0 saturated heterocycles. The minimum absolute atomic E-state index is 0.311. The molecule has 0 spiro atoms. The molecule has 0 aromatic rings. The summed E-state index contributed by atoms with van der Waals surface area (Å²) >= 11 is 0. The summed E-state index contributed by atoms with van der Waals surface area (Å²) in [6, 6.07) is 0. The summed E-state index contributed by atoms with van der Waals surface area (Å²) in [4.78, 5) is 2.82. The van der Waals surface area contributed by atoms with Crippen molar-refractivity contribution in [3.63, 3.8) is 0 Å². The summed E-state index contributed by atoms with van der Waals surface area (Å²) in [6.45, 7) is 1.43. The van der Waals surface area contributed by atoms with E-state index in [1.54, 1.807) is 0 Å². The van der Waals surface area contributed by atoms with Crippen molar-refractivity contribution in [3.8, 4) is 0 Å². The van der Waals surface area contributed by atoms with Crippen LogP contribution in [0.5, 0.6) is 0 Å². The highest BCUT2D eigenvalue weighted by Crippen LogP contribution is 2.61. The number of hydrogen-bond acceptors (Lipinski definition) is 2. The number of hydrogen-bond donors (Lipinski definition) is 1. The van der Waals surface area contributed by atoms with Gasteiger partial charge in [0.25, 0.3) is 0 Å². The van der Waals surface area contributed by atoms with Crippen LogP contribution in [0.3, 0.4) is 0 Å². The molecule has 2 bridgehead atoms. The van der Waals surface area contributed by atoms with Crippen LogP contribution in [0.1, 0.15) is 19.3 Å². The van der Waals surface area contributed by atoms with E-state index in [9.17, 15) is 0 Å². The fourth-order valence-electron chi connectivity index (χ4n) is 3.02. The minimum Gasteiger partial charge on any atom is -0.330 e. The second-order valence-corrected chi connectivity index (χ2v) is 4.19. The molecule has 3 aliphatic rings. The third-order valence-electron chi connectivity index (χ3n) is 3.61. The van der Waals surface area contributed by atoms with Crippen LogP contribution in [-0.4, -0.2) is 13.1 Å². The Morgan fingerprint density at radius 3 is 2.92 bits per heavy atom. The van der Waals surface area contributed by atoms with E-state index in [0.29, 0.717) is 17.9 Å². The minimum atomic E-state index is 0.311.